The molecule has 11 heteroatoms. The fourth-order valence-corrected chi connectivity index (χ4v) is 6.16. The van der Waals surface area contributed by atoms with Crippen molar-refractivity contribution in [3.8, 4) is 0 Å². The van der Waals surface area contributed by atoms with E-state index in [0.717, 1.165) is 19.9 Å². The highest BCUT2D eigenvalue weighted by Crippen LogP contribution is 2.33. The molecule has 0 fully saturated rings. The molecule has 0 aliphatic carbocycles. The first kappa shape index (κ1) is 30.9. The largest absolute Gasteiger partial charge is 0.352 e. The number of carbonyl (C=O) groups excluding carboxylic acids is 2. The Labute approximate surface area is 248 Å². The molecule has 7 nitrogen and oxygen atoms in total. The van der Waals surface area contributed by atoms with Crippen LogP contribution in [0, 0.1) is 6.92 Å². The summed E-state index contributed by atoms with van der Waals surface area (Å²) in [6.07, 6.45) is 0. The molecular formula is C28H30BrCl2N3O4S. The van der Waals surface area contributed by atoms with Gasteiger partial charge in [0.25, 0.3) is 10.0 Å². The summed E-state index contributed by atoms with van der Waals surface area (Å²) in [7, 11) is -4.25. The van der Waals surface area contributed by atoms with Gasteiger partial charge in [0.1, 0.15) is 12.6 Å². The molecule has 2 amide bonds. The van der Waals surface area contributed by atoms with Gasteiger partial charge in [-0.25, -0.2) is 8.42 Å². The summed E-state index contributed by atoms with van der Waals surface area (Å²) in [6.45, 7) is 6.56. The van der Waals surface area contributed by atoms with Crippen molar-refractivity contribution in [2.24, 2.45) is 0 Å². The van der Waals surface area contributed by atoms with Gasteiger partial charge in [-0.15, -0.1) is 0 Å². The van der Waals surface area contributed by atoms with Crippen molar-refractivity contribution < 1.29 is 18.0 Å². The second-order valence-corrected chi connectivity index (χ2v) is 13.0. The monoisotopic (exact) mass is 653 g/mol. The highest BCUT2D eigenvalue weighted by atomic mass is 79.9. The Kier molecular flexibility index (Phi) is 10.5. The standard InChI is InChI=1S/C28H30BrCl2N3O4S/c1-18(2)32-28(36)20(4)33(16-21-6-5-7-22(29)14-21)27(35)17-34(26-15-23(30)10-13-25(26)31)39(37,38)24-11-8-19(3)9-12-24/h5-15,18,20H,16-17H2,1-4H3,(H,32,36). The fraction of sp³-hybridized carbons (Fsp3) is 0.286. The van der Waals surface area contributed by atoms with Gasteiger partial charge in [0, 0.05) is 22.1 Å². The quantitative estimate of drug-likeness (QED) is 0.282. The number of hydrogen-bond acceptors (Lipinski definition) is 4. The summed E-state index contributed by atoms with van der Waals surface area (Å²) in [5.41, 5.74) is 1.69. The molecule has 0 aliphatic heterocycles. The summed E-state index contributed by atoms with van der Waals surface area (Å²) in [6, 6.07) is 17.0. The molecule has 1 N–H and O–H groups in total. The Bertz CT molecular complexity index is 1450. The van der Waals surface area contributed by atoms with Crippen molar-refractivity contribution in [1.82, 2.24) is 10.2 Å². The van der Waals surface area contributed by atoms with Gasteiger partial charge in [-0.05, 0) is 75.7 Å². The van der Waals surface area contributed by atoms with Gasteiger partial charge < -0.3 is 10.2 Å². The van der Waals surface area contributed by atoms with Crippen molar-refractivity contribution in [3.05, 3.63) is 92.4 Å². The summed E-state index contributed by atoms with van der Waals surface area (Å²) in [5, 5.41) is 3.18. The minimum atomic E-state index is -4.25. The Morgan fingerprint density at radius 1 is 0.974 bits per heavy atom. The first-order chi connectivity index (χ1) is 18.3. The molecule has 1 atom stereocenters. The number of anilines is 1. The lowest BCUT2D eigenvalue weighted by Gasteiger charge is -2.32. The molecule has 39 heavy (non-hydrogen) atoms. The zero-order valence-corrected chi connectivity index (χ0v) is 25.9. The van der Waals surface area contributed by atoms with Gasteiger partial charge in [-0.1, -0.05) is 69.0 Å². The van der Waals surface area contributed by atoms with Gasteiger partial charge in [-0.3, -0.25) is 13.9 Å². The summed E-state index contributed by atoms with van der Waals surface area (Å²) in [5.74, 6) is -0.949. The van der Waals surface area contributed by atoms with E-state index in [-0.39, 0.29) is 39.1 Å². The van der Waals surface area contributed by atoms with Crippen molar-refractivity contribution in [1.29, 1.82) is 0 Å². The van der Waals surface area contributed by atoms with Crippen LogP contribution in [0.2, 0.25) is 10.0 Å². The Morgan fingerprint density at radius 3 is 2.26 bits per heavy atom. The predicted molar refractivity (Wildman–Crippen MR) is 160 cm³/mol. The van der Waals surface area contributed by atoms with Crippen molar-refractivity contribution in [2.75, 3.05) is 10.8 Å². The molecule has 0 bridgehead atoms. The first-order valence-corrected chi connectivity index (χ1v) is 15.2. The maximum Gasteiger partial charge on any atom is 0.264 e. The molecule has 0 saturated carbocycles. The summed E-state index contributed by atoms with van der Waals surface area (Å²) < 4.78 is 29.5. The second-order valence-electron chi connectivity index (χ2n) is 9.41. The Hall–Kier alpha value is -2.59. The minimum absolute atomic E-state index is 0.0129. The average Bonchev–Trinajstić information content (AvgIpc) is 2.86. The van der Waals surface area contributed by atoms with Gasteiger partial charge in [-0.2, -0.15) is 0 Å². The SMILES string of the molecule is Cc1ccc(S(=O)(=O)N(CC(=O)N(Cc2cccc(Br)c2)C(C)C(=O)NC(C)C)c2cc(Cl)ccc2Cl)cc1. The van der Waals surface area contributed by atoms with Crippen LogP contribution in [0.15, 0.2) is 76.1 Å². The summed E-state index contributed by atoms with van der Waals surface area (Å²) in [4.78, 5) is 28.2. The van der Waals surface area contributed by atoms with Crippen LogP contribution >= 0.6 is 39.1 Å². The van der Waals surface area contributed by atoms with Crippen LogP contribution in [0.1, 0.15) is 31.9 Å². The highest BCUT2D eigenvalue weighted by molar-refractivity contribution is 9.10. The average molecular weight is 655 g/mol. The highest BCUT2D eigenvalue weighted by Gasteiger charge is 2.33. The third-order valence-corrected chi connectivity index (χ3v) is 8.73. The zero-order valence-electron chi connectivity index (χ0n) is 22.0. The van der Waals surface area contributed by atoms with Crippen LogP contribution in [0.4, 0.5) is 5.69 Å². The number of amides is 2. The van der Waals surface area contributed by atoms with Crippen LogP contribution in [-0.2, 0) is 26.2 Å². The summed E-state index contributed by atoms with van der Waals surface area (Å²) >= 11 is 16.1. The zero-order chi connectivity index (χ0) is 28.9. The molecule has 0 saturated heterocycles. The van der Waals surface area contributed by atoms with E-state index in [1.54, 1.807) is 19.1 Å². The van der Waals surface area contributed by atoms with E-state index in [2.05, 4.69) is 21.2 Å². The molecule has 0 aromatic heterocycles. The number of aryl methyl sites for hydroxylation is 1. The first-order valence-electron chi connectivity index (χ1n) is 12.2. The van der Waals surface area contributed by atoms with Crippen molar-refractivity contribution >= 4 is 66.7 Å². The van der Waals surface area contributed by atoms with E-state index in [1.165, 1.54) is 35.2 Å². The minimum Gasteiger partial charge on any atom is -0.352 e. The van der Waals surface area contributed by atoms with E-state index in [0.29, 0.717) is 0 Å². The van der Waals surface area contributed by atoms with Gasteiger partial charge >= 0.3 is 0 Å². The number of hydrogen-bond donors (Lipinski definition) is 1. The molecule has 0 aliphatic rings. The molecule has 3 rings (SSSR count). The maximum atomic E-state index is 13.9. The number of nitrogens with one attached hydrogen (secondary N) is 1. The number of benzene rings is 3. The third-order valence-electron chi connectivity index (χ3n) is 5.90. The van der Waals surface area contributed by atoms with Gasteiger partial charge in [0.15, 0.2) is 0 Å². The molecule has 0 spiro atoms. The van der Waals surface area contributed by atoms with Crippen LogP contribution in [0.3, 0.4) is 0 Å². The van der Waals surface area contributed by atoms with Crippen molar-refractivity contribution in [2.45, 2.75) is 51.2 Å². The fourth-order valence-electron chi connectivity index (χ4n) is 3.85. The second kappa shape index (κ2) is 13.2. The van der Waals surface area contributed by atoms with Crippen LogP contribution in [-0.4, -0.2) is 43.8 Å². The predicted octanol–water partition coefficient (Wildman–Crippen LogP) is 6.20. The molecule has 3 aromatic rings. The normalized spacial score (nSPS) is 12.2. The molecule has 208 valence electrons. The van der Waals surface area contributed by atoms with E-state index in [9.17, 15) is 18.0 Å². The lowest BCUT2D eigenvalue weighted by Crippen LogP contribution is -2.52. The lowest BCUT2D eigenvalue weighted by molar-refractivity contribution is -0.139. The van der Waals surface area contributed by atoms with Crippen LogP contribution in [0.5, 0.6) is 0 Å². The smallest absolute Gasteiger partial charge is 0.264 e. The lowest BCUT2D eigenvalue weighted by atomic mass is 10.1. The molecule has 0 radical (unpaired) electrons. The number of sulfonamides is 1. The maximum absolute atomic E-state index is 13.9. The van der Waals surface area contributed by atoms with Crippen LogP contribution < -0.4 is 9.62 Å². The molecular weight excluding hydrogens is 625 g/mol. The van der Waals surface area contributed by atoms with Crippen LogP contribution in [0.25, 0.3) is 0 Å². The van der Waals surface area contributed by atoms with E-state index in [4.69, 9.17) is 23.2 Å². The van der Waals surface area contributed by atoms with E-state index in [1.807, 2.05) is 45.0 Å². The van der Waals surface area contributed by atoms with E-state index < -0.39 is 28.5 Å². The topological polar surface area (TPSA) is 86.8 Å². The molecule has 0 heterocycles. The molecule has 1 unspecified atom stereocenters. The van der Waals surface area contributed by atoms with Gasteiger partial charge in [0.2, 0.25) is 11.8 Å². The molecule has 3 aromatic carbocycles. The number of carbonyl (C=O) groups is 2. The Balaban J connectivity index is 2.08. The third kappa shape index (κ3) is 7.97. The number of rotatable bonds is 10. The Morgan fingerprint density at radius 2 is 1.64 bits per heavy atom. The number of halogens is 3. The van der Waals surface area contributed by atoms with Gasteiger partial charge in [0.05, 0.1) is 15.6 Å². The van der Waals surface area contributed by atoms with Crippen molar-refractivity contribution in [3.63, 3.8) is 0 Å². The van der Waals surface area contributed by atoms with E-state index >= 15 is 0 Å². The number of nitrogens with zero attached hydrogens (tertiary/aromatic N) is 2.